The predicted octanol–water partition coefficient (Wildman–Crippen LogP) is 5.12. The lowest BCUT2D eigenvalue weighted by Crippen LogP contribution is -2.62. The molecule has 0 aromatic heterocycles. The van der Waals surface area contributed by atoms with Gasteiger partial charge in [0.05, 0.1) is 33.0 Å². The number of carbonyl (C=O) groups excluding carboxylic acids is 2. The molecule has 0 bridgehead atoms. The first-order valence-corrected chi connectivity index (χ1v) is 22.2. The first-order chi connectivity index (χ1) is 32.5. The molecule has 3 N–H and O–H groups in total. The van der Waals surface area contributed by atoms with Gasteiger partial charge in [0, 0.05) is 14.2 Å². The van der Waals surface area contributed by atoms with Crippen molar-refractivity contribution in [2.45, 2.75) is 114 Å². The van der Waals surface area contributed by atoms with Gasteiger partial charge in [0.25, 0.3) is 5.91 Å². The third-order valence-corrected chi connectivity index (χ3v) is 10.7. The van der Waals surface area contributed by atoms with E-state index in [4.69, 9.17) is 67.7 Å². The van der Waals surface area contributed by atoms with Crippen molar-refractivity contribution in [3.05, 3.63) is 144 Å². The van der Waals surface area contributed by atoms with Crippen LogP contribution in [0.25, 0.3) is 0 Å². The van der Waals surface area contributed by atoms with Crippen LogP contribution < -0.4 is 11.4 Å². The summed E-state index contributed by atoms with van der Waals surface area (Å²) in [5.74, 6) is 4.34. The number of methoxy groups -OCH3 is 2. The molecule has 4 aromatic carbocycles. The molecule has 1 amide bonds. The number of amides is 1. The van der Waals surface area contributed by atoms with E-state index in [2.05, 4.69) is 5.48 Å². The minimum Gasteiger partial charge on any atom is -0.458 e. The number of benzene rings is 4. The molecule has 2 saturated heterocycles. The molecule has 17 nitrogen and oxygen atoms in total. The van der Waals surface area contributed by atoms with E-state index in [1.54, 1.807) is 20.8 Å². The smallest absolute Gasteiger partial charge is 0.332 e. The summed E-state index contributed by atoms with van der Waals surface area (Å²) in [6.45, 7) is 4.90. The number of hydroxylamine groups is 1. The summed E-state index contributed by atoms with van der Waals surface area (Å²) in [6, 6.07) is 38.4. The fraction of sp³-hybridized carbons (Fsp3) is 0.480. The predicted molar refractivity (Wildman–Crippen MR) is 241 cm³/mol. The molecule has 0 saturated carbocycles. The zero-order valence-corrected chi connectivity index (χ0v) is 38.7. The molecular weight excluding hydrogens is 869 g/mol. The molecule has 2 heterocycles. The maximum absolute atomic E-state index is 13.6. The fourth-order valence-corrected chi connectivity index (χ4v) is 7.64. The quantitative estimate of drug-likeness (QED) is 0.0657. The molecule has 2 aliphatic rings. The van der Waals surface area contributed by atoms with E-state index in [1.165, 1.54) is 14.2 Å². The Morgan fingerprint density at radius 1 is 0.522 bits per heavy atom. The van der Waals surface area contributed by atoms with E-state index in [9.17, 15) is 9.59 Å². The van der Waals surface area contributed by atoms with Gasteiger partial charge >= 0.3 is 5.97 Å². The van der Waals surface area contributed by atoms with Crippen molar-refractivity contribution in [1.82, 2.24) is 5.48 Å². The number of ether oxygens (including phenoxy) is 11. The maximum Gasteiger partial charge on any atom is 0.332 e. The molecule has 2 fully saturated rings. The Hall–Kier alpha value is -4.70. The molecule has 364 valence electrons. The second kappa shape index (κ2) is 26.7. The Bertz CT molecular complexity index is 2010. The largest absolute Gasteiger partial charge is 0.458 e. The van der Waals surface area contributed by atoms with Crippen molar-refractivity contribution in [2.75, 3.05) is 40.6 Å². The van der Waals surface area contributed by atoms with E-state index in [0.717, 1.165) is 22.3 Å². The number of hydrogen-bond donors (Lipinski definition) is 2. The first kappa shape index (κ1) is 51.7. The Balaban J connectivity index is 1.17. The number of nitrogens with one attached hydrogen (secondary N) is 1. The molecule has 67 heavy (non-hydrogen) atoms. The highest BCUT2D eigenvalue weighted by molar-refractivity contribution is 5.76. The molecule has 4 aromatic rings. The number of hydrogen-bond acceptors (Lipinski definition) is 16. The van der Waals surface area contributed by atoms with E-state index in [-0.39, 0.29) is 39.6 Å². The van der Waals surface area contributed by atoms with Gasteiger partial charge in [0.15, 0.2) is 12.6 Å². The Morgan fingerprint density at radius 3 is 1.27 bits per heavy atom. The van der Waals surface area contributed by atoms with Crippen LogP contribution in [0, 0.1) is 0 Å². The van der Waals surface area contributed by atoms with Crippen LogP contribution in [0.2, 0.25) is 0 Å². The van der Waals surface area contributed by atoms with Crippen molar-refractivity contribution >= 4 is 11.9 Å². The van der Waals surface area contributed by atoms with E-state index >= 15 is 0 Å². The number of rotatable bonds is 25. The zero-order chi connectivity index (χ0) is 47.4. The summed E-state index contributed by atoms with van der Waals surface area (Å²) in [7, 11) is 2.91. The Labute approximate surface area is 392 Å². The lowest BCUT2D eigenvalue weighted by atomic mass is 9.98. The molecule has 0 radical (unpaired) electrons. The SMILES string of the molecule is CO[C@H]1O[C@H](CON)[C@@H](OCc2ccccc2)[C@H](OCc2ccccc2)[C@H]1OCC(=O)NOC[C@H]1O[C@H](OC)[C@H](OCC(=O)OC(C)(C)C)[C@@H](OCc2ccccc2)[C@@H]1OCc1ccccc1. The number of esters is 1. The summed E-state index contributed by atoms with van der Waals surface area (Å²) < 4.78 is 68.3. The summed E-state index contributed by atoms with van der Waals surface area (Å²) >= 11 is 0. The first-order valence-electron chi connectivity index (χ1n) is 22.2. The topological polar surface area (TPSA) is 192 Å². The summed E-state index contributed by atoms with van der Waals surface area (Å²) in [5.41, 5.74) is 5.34. The van der Waals surface area contributed by atoms with Gasteiger partial charge < -0.3 is 56.9 Å². The third kappa shape index (κ3) is 16.2. The normalized spacial score (nSPS) is 25.3. The van der Waals surface area contributed by atoms with E-state index in [1.807, 2.05) is 121 Å². The molecule has 0 unspecified atom stereocenters. The minimum absolute atomic E-state index is 0.0381. The van der Waals surface area contributed by atoms with Crippen LogP contribution >= 0.6 is 0 Å². The summed E-state index contributed by atoms with van der Waals surface area (Å²) in [6.07, 6.45) is -8.90. The van der Waals surface area contributed by atoms with Crippen LogP contribution in [-0.4, -0.2) is 120 Å². The highest BCUT2D eigenvalue weighted by Gasteiger charge is 2.50. The van der Waals surface area contributed by atoms with Gasteiger partial charge in [-0.3, -0.25) is 9.63 Å². The Kier molecular flexibility index (Phi) is 20.6. The van der Waals surface area contributed by atoms with E-state index < -0.39 is 92.1 Å². The van der Waals surface area contributed by atoms with Crippen LogP contribution in [0.3, 0.4) is 0 Å². The molecular formula is C50H64N2O15. The fourth-order valence-electron chi connectivity index (χ4n) is 7.64. The van der Waals surface area contributed by atoms with Crippen molar-refractivity contribution in [1.29, 1.82) is 0 Å². The average Bonchev–Trinajstić information content (AvgIpc) is 3.33. The van der Waals surface area contributed by atoms with Crippen molar-refractivity contribution < 1.29 is 71.4 Å². The van der Waals surface area contributed by atoms with Gasteiger partial charge in [-0.1, -0.05) is 121 Å². The second-order valence-corrected chi connectivity index (χ2v) is 16.9. The monoisotopic (exact) mass is 932 g/mol. The van der Waals surface area contributed by atoms with Crippen LogP contribution in [0.5, 0.6) is 0 Å². The standard InChI is InChI=1S/C50H64N2O15/c1-50(2,3)67-41(54)33-62-47-45(60-29-37-24-16-9-17-25-37)43(58-27-35-20-12-7-13-21-35)39(66-49(47)56-5)31-64-52-40(53)32-61-46-44(59-28-36-22-14-8-15-23-36)42(38(30-63-51)65-48(46)55-4)57-26-34-18-10-6-11-19-34/h6-25,38-39,42-49H,26-33,51H2,1-5H3,(H,52,53)/t38-,39-,42-,43-,44+,45+,46-,47-,48+,49+/m1/s1. The molecule has 17 heteroatoms. The van der Waals surface area contributed by atoms with Crippen LogP contribution in [0.15, 0.2) is 121 Å². The van der Waals surface area contributed by atoms with Crippen molar-refractivity contribution in [3.8, 4) is 0 Å². The number of nitrogens with two attached hydrogens (primary N) is 1. The Morgan fingerprint density at radius 2 is 0.896 bits per heavy atom. The molecule has 0 aliphatic carbocycles. The lowest BCUT2D eigenvalue weighted by Gasteiger charge is -2.45. The number of carbonyl (C=O) groups is 2. The van der Waals surface area contributed by atoms with Gasteiger partial charge in [-0.2, -0.15) is 0 Å². The van der Waals surface area contributed by atoms with Gasteiger partial charge in [-0.15, -0.1) is 0 Å². The molecule has 2 aliphatic heterocycles. The van der Waals surface area contributed by atoms with Crippen LogP contribution in [-0.2, 0) is 97.8 Å². The summed E-state index contributed by atoms with van der Waals surface area (Å²) in [5, 5.41) is 0. The van der Waals surface area contributed by atoms with E-state index in [0.29, 0.717) is 0 Å². The zero-order valence-electron chi connectivity index (χ0n) is 38.7. The van der Waals surface area contributed by atoms with Gasteiger partial charge in [-0.05, 0) is 43.0 Å². The van der Waals surface area contributed by atoms with Crippen molar-refractivity contribution in [2.24, 2.45) is 5.90 Å². The maximum atomic E-state index is 13.6. The minimum atomic E-state index is -1.05. The highest BCUT2D eigenvalue weighted by atomic mass is 16.7. The third-order valence-electron chi connectivity index (χ3n) is 10.7. The van der Waals surface area contributed by atoms with Gasteiger partial charge in [0.1, 0.15) is 74.3 Å². The lowest BCUT2D eigenvalue weighted by molar-refractivity contribution is -0.323. The van der Waals surface area contributed by atoms with Crippen LogP contribution in [0.4, 0.5) is 0 Å². The molecule has 0 spiro atoms. The van der Waals surface area contributed by atoms with Crippen LogP contribution in [0.1, 0.15) is 43.0 Å². The molecule has 10 atom stereocenters. The van der Waals surface area contributed by atoms with Crippen molar-refractivity contribution in [3.63, 3.8) is 0 Å². The second-order valence-electron chi connectivity index (χ2n) is 16.9. The average molecular weight is 933 g/mol. The molecule has 6 rings (SSSR count). The summed E-state index contributed by atoms with van der Waals surface area (Å²) in [4.78, 5) is 37.3. The van der Waals surface area contributed by atoms with Gasteiger partial charge in [-0.25, -0.2) is 16.2 Å². The van der Waals surface area contributed by atoms with Gasteiger partial charge in [0.2, 0.25) is 0 Å². The highest BCUT2D eigenvalue weighted by Crippen LogP contribution is 2.32.